The number of hydrogen-bond donors (Lipinski definition) is 1. The maximum atomic E-state index is 6.24. The van der Waals surface area contributed by atoms with E-state index >= 15 is 0 Å². The molecule has 3 aromatic carbocycles. The Morgan fingerprint density at radius 2 is 1.56 bits per heavy atom. The van der Waals surface area contributed by atoms with Crippen molar-refractivity contribution in [3.63, 3.8) is 0 Å². The number of anilines is 1. The molecule has 0 aromatic heterocycles. The maximum absolute atomic E-state index is 6.24. The Hall–Kier alpha value is -3.11. The third-order valence-electron chi connectivity index (χ3n) is 6.76. The second-order valence-corrected chi connectivity index (χ2v) is 9.93. The van der Waals surface area contributed by atoms with Crippen molar-refractivity contribution in [2.75, 3.05) is 18.4 Å². The molecular formula is C30H34BN3. The standard InChI is InChI=1S/C30H34BN3/c1-6-34(31)20-30(4,5)29-26(21(2)3)24-18-13-19-25(28(24)33-29)32-27(22-14-9-7-10-15-22)23-16-11-8-12-17-23/h7-19,26,29,33H,2,6,20H2,1,3-5H3/t26-,29+/m0/s1. The molecule has 4 rings (SSSR count). The number of aliphatic imine (C=N–C) groups is 1. The number of hydrogen-bond acceptors (Lipinski definition) is 3. The van der Waals surface area contributed by atoms with Gasteiger partial charge in [-0.2, -0.15) is 0 Å². The van der Waals surface area contributed by atoms with Gasteiger partial charge in [-0.1, -0.05) is 106 Å². The SMILES string of the molecule is [B]N(CC)CC(C)(C)[C@@H]1Nc2c(N=C(c3ccccc3)c3ccccc3)cccc2[C@@H]1C(=C)C. The fourth-order valence-corrected chi connectivity index (χ4v) is 5.02. The minimum absolute atomic E-state index is 0.0733. The first-order chi connectivity index (χ1) is 16.3. The van der Waals surface area contributed by atoms with E-state index in [0.717, 1.165) is 46.9 Å². The summed E-state index contributed by atoms with van der Waals surface area (Å²) in [5, 5.41) is 3.86. The van der Waals surface area contributed by atoms with Crippen LogP contribution in [-0.4, -0.2) is 37.6 Å². The topological polar surface area (TPSA) is 27.6 Å². The van der Waals surface area contributed by atoms with E-state index < -0.39 is 0 Å². The van der Waals surface area contributed by atoms with Crippen molar-refractivity contribution in [3.05, 3.63) is 108 Å². The van der Waals surface area contributed by atoms with Crippen molar-refractivity contribution in [3.8, 4) is 0 Å². The van der Waals surface area contributed by atoms with Crippen LogP contribution >= 0.6 is 0 Å². The third-order valence-corrected chi connectivity index (χ3v) is 6.76. The average molecular weight is 447 g/mol. The maximum Gasteiger partial charge on any atom is 0.182 e. The molecule has 1 aliphatic rings. The summed E-state index contributed by atoms with van der Waals surface area (Å²) in [6, 6.07) is 27.4. The summed E-state index contributed by atoms with van der Waals surface area (Å²) in [5.41, 5.74) is 7.53. The summed E-state index contributed by atoms with van der Waals surface area (Å²) in [6.07, 6.45) is 0. The van der Waals surface area contributed by atoms with Gasteiger partial charge in [0.25, 0.3) is 0 Å². The molecule has 0 saturated carbocycles. The van der Waals surface area contributed by atoms with Gasteiger partial charge in [-0.25, -0.2) is 4.99 Å². The predicted molar refractivity (Wildman–Crippen MR) is 146 cm³/mol. The number of para-hydroxylation sites is 1. The van der Waals surface area contributed by atoms with Crippen LogP contribution in [0.15, 0.2) is 96.0 Å². The van der Waals surface area contributed by atoms with Gasteiger partial charge in [0.05, 0.1) is 17.1 Å². The lowest BCUT2D eigenvalue weighted by Crippen LogP contribution is -2.45. The van der Waals surface area contributed by atoms with Crippen LogP contribution in [0.25, 0.3) is 0 Å². The molecular weight excluding hydrogens is 413 g/mol. The average Bonchev–Trinajstić information content (AvgIpc) is 3.25. The summed E-state index contributed by atoms with van der Waals surface area (Å²) in [6.45, 7) is 14.7. The number of nitrogens with zero attached hydrogens (tertiary/aromatic N) is 2. The van der Waals surface area contributed by atoms with Gasteiger partial charge < -0.3 is 10.1 Å². The van der Waals surface area contributed by atoms with E-state index in [1.165, 1.54) is 5.56 Å². The molecule has 0 unspecified atom stereocenters. The van der Waals surface area contributed by atoms with Crippen LogP contribution < -0.4 is 5.32 Å². The molecule has 1 N–H and O–H groups in total. The highest BCUT2D eigenvalue weighted by Gasteiger charge is 2.43. The van der Waals surface area contributed by atoms with Gasteiger partial charge >= 0.3 is 0 Å². The van der Waals surface area contributed by atoms with Gasteiger partial charge in [-0.3, -0.25) is 0 Å². The van der Waals surface area contributed by atoms with E-state index in [-0.39, 0.29) is 17.4 Å². The van der Waals surface area contributed by atoms with Crippen LogP contribution in [0, 0.1) is 5.41 Å². The summed E-state index contributed by atoms with van der Waals surface area (Å²) >= 11 is 0. The Labute approximate surface area is 206 Å². The first-order valence-electron chi connectivity index (χ1n) is 12.1. The second-order valence-electron chi connectivity index (χ2n) is 9.93. The van der Waals surface area contributed by atoms with Crippen molar-refractivity contribution in [2.45, 2.75) is 39.7 Å². The molecule has 0 amide bonds. The highest BCUT2D eigenvalue weighted by atomic mass is 15.1. The highest BCUT2D eigenvalue weighted by Crippen LogP contribution is 2.50. The highest BCUT2D eigenvalue weighted by molar-refractivity contribution is 6.14. The van der Waals surface area contributed by atoms with Crippen molar-refractivity contribution in [1.82, 2.24) is 4.81 Å². The largest absolute Gasteiger partial charge is 0.379 e. The Balaban J connectivity index is 1.82. The normalized spacial score (nSPS) is 17.2. The molecule has 1 aliphatic heterocycles. The van der Waals surface area contributed by atoms with Crippen molar-refractivity contribution >= 4 is 25.1 Å². The van der Waals surface area contributed by atoms with Gasteiger partial charge in [0.15, 0.2) is 7.98 Å². The minimum atomic E-state index is -0.0733. The fraction of sp³-hybridized carbons (Fsp3) is 0.300. The predicted octanol–water partition coefficient (Wildman–Crippen LogP) is 6.74. The molecule has 3 aromatic rings. The van der Waals surface area contributed by atoms with Crippen LogP contribution in [0.1, 0.15) is 50.3 Å². The van der Waals surface area contributed by atoms with E-state index in [1.807, 2.05) is 16.9 Å². The van der Waals surface area contributed by atoms with Crippen molar-refractivity contribution in [2.24, 2.45) is 10.4 Å². The molecule has 1 heterocycles. The lowest BCUT2D eigenvalue weighted by molar-refractivity contribution is 0.227. The molecule has 0 saturated heterocycles. The summed E-state index contributed by atoms with van der Waals surface area (Å²) in [5.74, 6) is 0.197. The zero-order valence-corrected chi connectivity index (χ0v) is 20.8. The first-order valence-corrected chi connectivity index (χ1v) is 12.1. The summed E-state index contributed by atoms with van der Waals surface area (Å²) in [7, 11) is 6.24. The summed E-state index contributed by atoms with van der Waals surface area (Å²) in [4.78, 5) is 7.14. The third kappa shape index (κ3) is 4.88. The zero-order chi connectivity index (χ0) is 24.3. The van der Waals surface area contributed by atoms with E-state index in [9.17, 15) is 0 Å². The van der Waals surface area contributed by atoms with Gasteiger partial charge in [0.2, 0.25) is 0 Å². The first kappa shape index (κ1) is 24.0. The number of nitrogens with one attached hydrogen (secondary N) is 1. The Morgan fingerprint density at radius 1 is 0.971 bits per heavy atom. The van der Waals surface area contributed by atoms with Crippen LogP contribution in [0.2, 0.25) is 0 Å². The minimum Gasteiger partial charge on any atom is -0.379 e. The molecule has 0 spiro atoms. The lowest BCUT2D eigenvalue weighted by atomic mass is 9.74. The van der Waals surface area contributed by atoms with Crippen LogP contribution in [-0.2, 0) is 0 Å². The monoisotopic (exact) mass is 447 g/mol. The van der Waals surface area contributed by atoms with E-state index in [0.29, 0.717) is 0 Å². The Bertz CT molecular complexity index is 1130. The van der Waals surface area contributed by atoms with Crippen molar-refractivity contribution in [1.29, 1.82) is 0 Å². The number of rotatable bonds is 8. The molecule has 2 radical (unpaired) electrons. The van der Waals surface area contributed by atoms with Crippen molar-refractivity contribution < 1.29 is 0 Å². The lowest BCUT2D eigenvalue weighted by Gasteiger charge is -2.39. The van der Waals surface area contributed by atoms with Gasteiger partial charge in [0.1, 0.15) is 0 Å². The summed E-state index contributed by atoms with van der Waals surface area (Å²) < 4.78 is 0. The molecule has 0 aliphatic carbocycles. The Kier molecular flexibility index (Phi) is 7.09. The van der Waals surface area contributed by atoms with Crippen LogP contribution in [0.5, 0.6) is 0 Å². The second kappa shape index (κ2) is 10.0. The number of fused-ring (bicyclic) bond motifs is 1. The van der Waals surface area contributed by atoms with Gasteiger partial charge in [-0.15, -0.1) is 0 Å². The van der Waals surface area contributed by atoms with Gasteiger partial charge in [-0.05, 0) is 37.1 Å². The molecule has 172 valence electrons. The van der Waals surface area contributed by atoms with Crippen LogP contribution in [0.4, 0.5) is 11.4 Å². The van der Waals surface area contributed by atoms with E-state index in [4.69, 9.17) is 13.0 Å². The molecule has 0 fully saturated rings. The smallest absolute Gasteiger partial charge is 0.182 e. The molecule has 2 atom stereocenters. The van der Waals surface area contributed by atoms with E-state index in [1.54, 1.807) is 0 Å². The molecule has 3 nitrogen and oxygen atoms in total. The number of benzene rings is 3. The van der Waals surface area contributed by atoms with E-state index in [2.05, 4.69) is 106 Å². The fourth-order valence-electron chi connectivity index (χ4n) is 5.02. The Morgan fingerprint density at radius 3 is 2.09 bits per heavy atom. The zero-order valence-electron chi connectivity index (χ0n) is 20.8. The van der Waals surface area contributed by atoms with Gasteiger partial charge in [0, 0.05) is 23.1 Å². The van der Waals surface area contributed by atoms with Crippen LogP contribution in [0.3, 0.4) is 0 Å². The molecule has 4 heteroatoms. The quantitative estimate of drug-likeness (QED) is 0.235. The molecule has 34 heavy (non-hydrogen) atoms. The molecule has 0 bridgehead atoms.